The Balaban J connectivity index is 1.89. The molecule has 4 nitrogen and oxygen atoms in total. The number of carboxylic acid groups (broad SMARTS) is 1. The Kier molecular flexibility index (Phi) is 5.01. The van der Waals surface area contributed by atoms with E-state index < -0.39 is 5.97 Å². The van der Waals surface area contributed by atoms with Crippen molar-refractivity contribution in [2.45, 2.75) is 32.7 Å². The highest BCUT2D eigenvalue weighted by Gasteiger charge is 2.33. The van der Waals surface area contributed by atoms with Crippen LogP contribution in [0.25, 0.3) is 0 Å². The summed E-state index contributed by atoms with van der Waals surface area (Å²) in [4.78, 5) is 13.4. The maximum absolute atomic E-state index is 11.4. The molecule has 0 saturated carbocycles. The highest BCUT2D eigenvalue weighted by Crippen LogP contribution is 2.23. The summed E-state index contributed by atoms with van der Waals surface area (Å²) in [6.07, 6.45) is 2.06. The van der Waals surface area contributed by atoms with E-state index in [4.69, 9.17) is 4.74 Å². The molecule has 1 heterocycles. The molecule has 1 saturated heterocycles. The lowest BCUT2D eigenvalue weighted by atomic mass is 9.91. The Hall–Kier alpha value is -1.55. The summed E-state index contributed by atoms with van der Waals surface area (Å²) in [5.74, 6) is 0.372. The van der Waals surface area contributed by atoms with Gasteiger partial charge in [-0.2, -0.15) is 0 Å². The number of ether oxygens (including phenoxy) is 1. The lowest BCUT2D eigenvalue weighted by molar-refractivity contribution is -0.147. The molecule has 4 heteroatoms. The molecule has 1 aliphatic rings. The summed E-state index contributed by atoms with van der Waals surface area (Å²) < 4.78 is 5.77. The Morgan fingerprint density at radius 1 is 1.45 bits per heavy atom. The van der Waals surface area contributed by atoms with Crippen molar-refractivity contribution < 1.29 is 14.6 Å². The second kappa shape index (κ2) is 6.75. The van der Waals surface area contributed by atoms with E-state index in [0.29, 0.717) is 13.2 Å². The molecular weight excluding hydrogens is 254 g/mol. The molecule has 1 aliphatic heterocycles. The van der Waals surface area contributed by atoms with Gasteiger partial charge < -0.3 is 9.84 Å². The summed E-state index contributed by atoms with van der Waals surface area (Å²) in [5, 5.41) is 9.36. The number of piperidine rings is 1. The Morgan fingerprint density at radius 2 is 2.20 bits per heavy atom. The number of hydrogen-bond acceptors (Lipinski definition) is 3. The largest absolute Gasteiger partial charge is 0.492 e. The zero-order valence-electron chi connectivity index (χ0n) is 12.2. The van der Waals surface area contributed by atoms with Crippen molar-refractivity contribution in [2.75, 3.05) is 19.7 Å². The monoisotopic (exact) mass is 277 g/mol. The van der Waals surface area contributed by atoms with Crippen molar-refractivity contribution in [3.05, 3.63) is 29.8 Å². The van der Waals surface area contributed by atoms with E-state index >= 15 is 0 Å². The maximum Gasteiger partial charge on any atom is 0.321 e. The number of aryl methyl sites for hydroxylation is 1. The van der Waals surface area contributed by atoms with Gasteiger partial charge in [0.25, 0.3) is 0 Å². The van der Waals surface area contributed by atoms with Gasteiger partial charge >= 0.3 is 5.97 Å². The second-order valence-electron chi connectivity index (χ2n) is 5.55. The van der Waals surface area contributed by atoms with Crippen LogP contribution in [-0.4, -0.2) is 41.7 Å². The van der Waals surface area contributed by atoms with Gasteiger partial charge in [0.2, 0.25) is 0 Å². The quantitative estimate of drug-likeness (QED) is 0.898. The van der Waals surface area contributed by atoms with Gasteiger partial charge in [-0.25, -0.2) is 0 Å². The van der Waals surface area contributed by atoms with E-state index in [0.717, 1.165) is 30.7 Å². The van der Waals surface area contributed by atoms with Crippen molar-refractivity contribution in [3.8, 4) is 5.75 Å². The normalized spacial score (nSPS) is 23.5. The topological polar surface area (TPSA) is 49.8 Å². The first-order chi connectivity index (χ1) is 9.59. The smallest absolute Gasteiger partial charge is 0.321 e. The van der Waals surface area contributed by atoms with Crippen molar-refractivity contribution in [1.82, 2.24) is 4.90 Å². The van der Waals surface area contributed by atoms with Crippen molar-refractivity contribution in [2.24, 2.45) is 5.92 Å². The van der Waals surface area contributed by atoms with E-state index in [1.54, 1.807) is 0 Å². The van der Waals surface area contributed by atoms with Crippen molar-refractivity contribution in [3.63, 3.8) is 0 Å². The van der Waals surface area contributed by atoms with Gasteiger partial charge in [0.05, 0.1) is 0 Å². The van der Waals surface area contributed by atoms with Crippen LogP contribution >= 0.6 is 0 Å². The number of nitrogens with zero attached hydrogens (tertiary/aromatic N) is 1. The zero-order chi connectivity index (χ0) is 14.5. The van der Waals surface area contributed by atoms with Crippen LogP contribution in [0.3, 0.4) is 0 Å². The third-order valence-corrected chi connectivity index (χ3v) is 4.02. The molecule has 2 rings (SSSR count). The van der Waals surface area contributed by atoms with Crippen LogP contribution < -0.4 is 4.74 Å². The first kappa shape index (κ1) is 14.9. The van der Waals surface area contributed by atoms with Gasteiger partial charge in [-0.15, -0.1) is 0 Å². The fourth-order valence-corrected chi connectivity index (χ4v) is 2.91. The van der Waals surface area contributed by atoms with Crippen molar-refractivity contribution in [1.29, 1.82) is 0 Å². The number of carbonyl (C=O) groups is 1. The third kappa shape index (κ3) is 3.51. The molecule has 110 valence electrons. The Labute approximate surface area is 120 Å². The highest BCUT2D eigenvalue weighted by molar-refractivity contribution is 5.74. The molecule has 1 fully saturated rings. The lowest BCUT2D eigenvalue weighted by Crippen LogP contribution is -2.50. The SMILES string of the molecule is Cc1ccccc1OCCN1CCCC(C)C1C(=O)O. The van der Waals surface area contributed by atoms with Gasteiger partial charge in [-0.1, -0.05) is 25.1 Å². The van der Waals surface area contributed by atoms with Gasteiger partial charge in [0.15, 0.2) is 0 Å². The van der Waals surface area contributed by atoms with Gasteiger partial charge in [-0.05, 0) is 43.9 Å². The summed E-state index contributed by atoms with van der Waals surface area (Å²) >= 11 is 0. The fourth-order valence-electron chi connectivity index (χ4n) is 2.91. The van der Waals surface area contributed by atoms with Crippen molar-refractivity contribution >= 4 is 5.97 Å². The first-order valence-electron chi connectivity index (χ1n) is 7.25. The molecule has 0 bridgehead atoms. The van der Waals surface area contributed by atoms with E-state index in [1.165, 1.54) is 0 Å². The number of para-hydroxylation sites is 1. The number of rotatable bonds is 5. The molecule has 0 radical (unpaired) electrons. The molecule has 2 atom stereocenters. The first-order valence-corrected chi connectivity index (χ1v) is 7.25. The molecule has 0 amide bonds. The number of hydrogen-bond donors (Lipinski definition) is 1. The average molecular weight is 277 g/mol. The predicted octanol–water partition coefficient (Wildman–Crippen LogP) is 2.56. The maximum atomic E-state index is 11.4. The van der Waals surface area contributed by atoms with Gasteiger partial charge in [0.1, 0.15) is 18.4 Å². The van der Waals surface area contributed by atoms with Crippen LogP contribution in [0.1, 0.15) is 25.3 Å². The minimum Gasteiger partial charge on any atom is -0.492 e. The number of likely N-dealkylation sites (tertiary alicyclic amines) is 1. The van der Waals surface area contributed by atoms with Crippen LogP contribution in [0.5, 0.6) is 5.75 Å². The van der Waals surface area contributed by atoms with Crippen LogP contribution in [0.15, 0.2) is 24.3 Å². The standard InChI is InChI=1S/C16H23NO3/c1-12-6-3-4-8-14(12)20-11-10-17-9-5-7-13(2)15(17)16(18)19/h3-4,6,8,13,15H,5,7,9-11H2,1-2H3,(H,18,19). The number of aliphatic carboxylic acids is 1. The minimum absolute atomic E-state index is 0.208. The molecule has 1 aromatic rings. The average Bonchev–Trinajstić information content (AvgIpc) is 2.40. The van der Waals surface area contributed by atoms with E-state index in [-0.39, 0.29) is 12.0 Å². The highest BCUT2D eigenvalue weighted by atomic mass is 16.5. The van der Waals surface area contributed by atoms with Crippen LogP contribution in [0.4, 0.5) is 0 Å². The zero-order valence-corrected chi connectivity index (χ0v) is 12.2. The molecule has 2 unspecified atom stereocenters. The molecule has 20 heavy (non-hydrogen) atoms. The molecule has 0 aromatic heterocycles. The minimum atomic E-state index is -0.715. The Bertz CT molecular complexity index is 461. The predicted molar refractivity (Wildman–Crippen MR) is 78.1 cm³/mol. The molecule has 1 aromatic carbocycles. The second-order valence-corrected chi connectivity index (χ2v) is 5.55. The van der Waals surface area contributed by atoms with Gasteiger partial charge in [-0.3, -0.25) is 9.69 Å². The molecular formula is C16H23NO3. The third-order valence-electron chi connectivity index (χ3n) is 4.02. The fraction of sp³-hybridized carbons (Fsp3) is 0.562. The van der Waals surface area contributed by atoms with Gasteiger partial charge in [0, 0.05) is 6.54 Å². The molecule has 1 N–H and O–H groups in total. The summed E-state index contributed by atoms with van der Waals surface area (Å²) in [6.45, 7) is 6.07. The molecule has 0 aliphatic carbocycles. The summed E-state index contributed by atoms with van der Waals surface area (Å²) in [5.41, 5.74) is 1.11. The summed E-state index contributed by atoms with van der Waals surface area (Å²) in [7, 11) is 0. The van der Waals surface area contributed by atoms with E-state index in [2.05, 4.69) is 0 Å². The van der Waals surface area contributed by atoms with Crippen LogP contribution in [0.2, 0.25) is 0 Å². The number of benzene rings is 1. The van der Waals surface area contributed by atoms with Crippen LogP contribution in [0, 0.1) is 12.8 Å². The van der Waals surface area contributed by atoms with E-state index in [9.17, 15) is 9.90 Å². The molecule has 0 spiro atoms. The summed E-state index contributed by atoms with van der Waals surface area (Å²) in [6, 6.07) is 7.52. The van der Waals surface area contributed by atoms with E-state index in [1.807, 2.05) is 43.0 Å². The number of carboxylic acids is 1. The lowest BCUT2D eigenvalue weighted by Gasteiger charge is -2.37. The Morgan fingerprint density at radius 3 is 2.90 bits per heavy atom. The van der Waals surface area contributed by atoms with Crippen LogP contribution in [-0.2, 0) is 4.79 Å².